The molecule has 1 N–H and O–H groups in total. The van der Waals surface area contributed by atoms with Crippen molar-refractivity contribution in [1.82, 2.24) is 15.5 Å². The lowest BCUT2D eigenvalue weighted by Crippen LogP contribution is -2.19. The normalized spacial score (nSPS) is 17.5. The summed E-state index contributed by atoms with van der Waals surface area (Å²) in [6.07, 6.45) is 0.834. The third-order valence-electron chi connectivity index (χ3n) is 5.03. The Labute approximate surface area is 181 Å². The van der Waals surface area contributed by atoms with Gasteiger partial charge in [0.25, 0.3) is 5.89 Å². The zero-order chi connectivity index (χ0) is 23.8. The first-order valence-electron chi connectivity index (χ1n) is 11.5. The second kappa shape index (κ2) is 8.68. The molecule has 2 aromatic carbocycles. The van der Waals surface area contributed by atoms with Crippen molar-refractivity contribution in [2.24, 2.45) is 0 Å². The van der Waals surface area contributed by atoms with Gasteiger partial charge in [0, 0.05) is 19.9 Å². The Kier molecular flexibility index (Phi) is 4.81. The molecule has 1 atom stereocenters. The van der Waals surface area contributed by atoms with Crippen LogP contribution in [0, 0.1) is 6.57 Å². The Morgan fingerprint density at radius 3 is 3.03 bits per heavy atom. The van der Waals surface area contributed by atoms with Gasteiger partial charge in [-0.25, -0.2) is 4.85 Å². The van der Waals surface area contributed by atoms with E-state index in [-0.39, 0.29) is 11.7 Å². The van der Waals surface area contributed by atoms with Gasteiger partial charge in [-0.05, 0) is 68.9 Å². The summed E-state index contributed by atoms with van der Waals surface area (Å²) in [5, 5.41) is 7.29. The smallest absolute Gasteiger partial charge is 0.256 e. The van der Waals surface area contributed by atoms with E-state index in [2.05, 4.69) is 20.3 Å². The van der Waals surface area contributed by atoms with Crippen LogP contribution >= 0.6 is 0 Å². The zero-order valence-electron chi connectivity index (χ0n) is 20.3. The SMILES string of the molecule is [2H]C([2H])(CC)N[C@H]1CCc2c(-c3noc(-c4ccc(OC([2H])(C)C)c([N+]#[C-])c4)n3)cccc21. The second-order valence-electron chi connectivity index (χ2n) is 7.37. The van der Waals surface area contributed by atoms with Gasteiger partial charge in [-0.15, -0.1) is 0 Å². The predicted octanol–water partition coefficient (Wildman–Crippen LogP) is 5.73. The summed E-state index contributed by atoms with van der Waals surface area (Å²) in [5.74, 6) is 1.08. The summed E-state index contributed by atoms with van der Waals surface area (Å²) in [5.41, 5.74) is 3.89. The number of nitrogens with zero attached hydrogens (tertiary/aromatic N) is 3. The van der Waals surface area contributed by atoms with Crippen molar-refractivity contribution in [3.63, 3.8) is 0 Å². The van der Waals surface area contributed by atoms with Crippen LogP contribution in [0.5, 0.6) is 5.75 Å². The summed E-state index contributed by atoms with van der Waals surface area (Å²) < 4.78 is 35.1. The molecule has 6 nitrogen and oxygen atoms in total. The maximum absolute atomic E-state index is 8.07. The molecule has 0 amide bonds. The number of benzene rings is 2. The second-order valence-corrected chi connectivity index (χ2v) is 7.37. The molecule has 1 aliphatic rings. The van der Waals surface area contributed by atoms with E-state index in [1.165, 1.54) is 0 Å². The van der Waals surface area contributed by atoms with Crippen LogP contribution in [0.15, 0.2) is 40.9 Å². The van der Waals surface area contributed by atoms with Crippen LogP contribution < -0.4 is 10.1 Å². The van der Waals surface area contributed by atoms with Crippen LogP contribution in [-0.2, 0) is 6.42 Å². The molecule has 154 valence electrons. The summed E-state index contributed by atoms with van der Waals surface area (Å²) in [7, 11) is 0. The molecule has 0 bridgehead atoms. The Morgan fingerprint density at radius 1 is 1.40 bits per heavy atom. The molecule has 1 aliphatic carbocycles. The number of ether oxygens (including phenoxy) is 1. The van der Waals surface area contributed by atoms with Crippen LogP contribution in [-0.4, -0.2) is 22.7 Å². The van der Waals surface area contributed by atoms with Crippen molar-refractivity contribution in [1.29, 1.82) is 0 Å². The van der Waals surface area contributed by atoms with Gasteiger partial charge in [-0.2, -0.15) is 4.98 Å². The largest absolute Gasteiger partial charge is 0.502 e. The molecule has 0 unspecified atom stereocenters. The molecule has 4 rings (SSSR count). The fourth-order valence-electron chi connectivity index (χ4n) is 3.73. The first kappa shape index (κ1) is 16.6. The molecule has 3 aromatic rings. The van der Waals surface area contributed by atoms with Crippen LogP contribution in [0.1, 0.15) is 54.9 Å². The van der Waals surface area contributed by atoms with Gasteiger partial charge in [-0.1, -0.05) is 30.3 Å². The fourth-order valence-corrected chi connectivity index (χ4v) is 3.73. The number of rotatable bonds is 7. The van der Waals surface area contributed by atoms with E-state index in [1.54, 1.807) is 32.0 Å². The minimum atomic E-state index is -1.42. The van der Waals surface area contributed by atoms with Gasteiger partial charge in [0.15, 0.2) is 0 Å². The summed E-state index contributed by atoms with van der Waals surface area (Å²) in [6.45, 7) is 11.1. The lowest BCUT2D eigenvalue weighted by atomic mass is 10.0. The molecular weight excluding hydrogens is 376 g/mol. The summed E-state index contributed by atoms with van der Waals surface area (Å²) in [6, 6.07) is 10.8. The summed E-state index contributed by atoms with van der Waals surface area (Å²) in [4.78, 5) is 8.08. The van der Waals surface area contributed by atoms with Gasteiger partial charge in [-0.3, -0.25) is 0 Å². The van der Waals surface area contributed by atoms with Gasteiger partial charge in [0.05, 0.1) is 14.0 Å². The first-order chi connectivity index (χ1) is 15.6. The van der Waals surface area contributed by atoms with Gasteiger partial charge >= 0.3 is 0 Å². The van der Waals surface area contributed by atoms with Crippen LogP contribution in [0.3, 0.4) is 0 Å². The number of nitrogens with one attached hydrogen (secondary N) is 1. The van der Waals surface area contributed by atoms with Crippen LogP contribution in [0.4, 0.5) is 5.69 Å². The van der Waals surface area contributed by atoms with Crippen molar-refractivity contribution in [2.45, 2.75) is 52.2 Å². The standard InChI is InChI=1S/C24H26N4O2/c1-5-13-26-20-11-10-17-18(20)7-6-8-19(17)23-27-24(30-28-23)16-9-12-22(29-15(2)3)21(14-16)25-4/h6-9,12,14-15,20,26H,5,10-11,13H2,1-3H3/t20-/m0/s1/i13D2,15D. The number of aromatic nitrogens is 2. The van der Waals surface area contributed by atoms with Crippen molar-refractivity contribution in [3.05, 3.63) is 58.9 Å². The summed E-state index contributed by atoms with van der Waals surface area (Å²) >= 11 is 0. The highest BCUT2D eigenvalue weighted by Crippen LogP contribution is 2.38. The maximum Gasteiger partial charge on any atom is 0.256 e. The van der Waals surface area contributed by atoms with Gasteiger partial charge in [0.1, 0.15) is 5.75 Å². The predicted molar refractivity (Wildman–Crippen MR) is 117 cm³/mol. The average Bonchev–Trinajstić information content (AvgIpc) is 3.40. The Morgan fingerprint density at radius 2 is 2.27 bits per heavy atom. The van der Waals surface area contributed by atoms with E-state index in [9.17, 15) is 0 Å². The highest BCUT2D eigenvalue weighted by Gasteiger charge is 2.26. The number of hydrogen-bond donors (Lipinski definition) is 1. The average molecular weight is 406 g/mol. The van der Waals surface area contributed by atoms with E-state index in [1.807, 2.05) is 25.1 Å². The fraction of sp³-hybridized carbons (Fsp3) is 0.375. The minimum Gasteiger partial charge on any atom is -0.502 e. The monoisotopic (exact) mass is 405 g/mol. The van der Waals surface area contributed by atoms with Crippen LogP contribution in [0.2, 0.25) is 0 Å². The Bertz CT molecular complexity index is 1210. The third kappa shape index (κ3) is 3.94. The van der Waals surface area contributed by atoms with Crippen molar-refractivity contribution in [2.75, 3.05) is 6.50 Å². The lowest BCUT2D eigenvalue weighted by Gasteiger charge is -2.13. The maximum atomic E-state index is 8.07. The Hall–Kier alpha value is -3.17. The molecule has 0 saturated carbocycles. The molecule has 1 heterocycles. The van der Waals surface area contributed by atoms with Crippen molar-refractivity contribution < 1.29 is 13.4 Å². The highest BCUT2D eigenvalue weighted by molar-refractivity contribution is 5.70. The molecular formula is C24H26N4O2. The van der Waals surface area contributed by atoms with Gasteiger partial charge < -0.3 is 14.6 Å². The van der Waals surface area contributed by atoms with E-state index >= 15 is 0 Å². The zero-order valence-corrected chi connectivity index (χ0v) is 17.3. The van der Waals surface area contributed by atoms with Crippen molar-refractivity contribution in [3.8, 4) is 28.6 Å². The molecule has 1 aromatic heterocycles. The van der Waals surface area contributed by atoms with Gasteiger partial charge in [0.2, 0.25) is 11.5 Å². The first-order valence-corrected chi connectivity index (χ1v) is 10.0. The lowest BCUT2D eigenvalue weighted by molar-refractivity contribution is 0.244. The van der Waals surface area contributed by atoms with Crippen LogP contribution in [0.25, 0.3) is 27.7 Å². The highest BCUT2D eigenvalue weighted by atomic mass is 16.5. The van der Waals surface area contributed by atoms with E-state index < -0.39 is 12.6 Å². The Balaban J connectivity index is 1.63. The third-order valence-corrected chi connectivity index (χ3v) is 5.03. The molecule has 30 heavy (non-hydrogen) atoms. The molecule has 0 aliphatic heterocycles. The number of fused-ring (bicyclic) bond motifs is 1. The molecule has 0 fully saturated rings. The number of hydrogen-bond acceptors (Lipinski definition) is 5. The quantitative estimate of drug-likeness (QED) is 0.509. The molecule has 0 radical (unpaired) electrons. The molecule has 6 heteroatoms. The van der Waals surface area contributed by atoms with E-state index in [0.717, 1.165) is 29.5 Å². The topological polar surface area (TPSA) is 64.5 Å². The van der Waals surface area contributed by atoms with Crippen molar-refractivity contribution >= 4 is 5.69 Å². The molecule has 0 saturated heterocycles. The van der Waals surface area contributed by atoms with E-state index in [4.69, 9.17) is 19.9 Å². The minimum absolute atomic E-state index is 0.0590. The van der Waals surface area contributed by atoms with E-state index in [0.29, 0.717) is 29.4 Å². The molecule has 0 spiro atoms.